The molecule has 0 atom stereocenters. The number of hydrogen-bond donors (Lipinski definition) is 1. The van der Waals surface area contributed by atoms with Crippen molar-refractivity contribution in [2.75, 3.05) is 24.1 Å². The quantitative estimate of drug-likeness (QED) is 0.798. The molecule has 9 heteroatoms. The summed E-state index contributed by atoms with van der Waals surface area (Å²) in [6.45, 7) is 0.225. The average molecular weight is 355 g/mol. The van der Waals surface area contributed by atoms with Gasteiger partial charge in [0.2, 0.25) is 17.9 Å². The van der Waals surface area contributed by atoms with Gasteiger partial charge in [-0.3, -0.25) is 4.79 Å². The maximum atomic E-state index is 11.9. The van der Waals surface area contributed by atoms with E-state index in [1.807, 2.05) is 6.26 Å². The molecule has 2 heterocycles. The van der Waals surface area contributed by atoms with Crippen LogP contribution < -0.4 is 14.8 Å². The van der Waals surface area contributed by atoms with Gasteiger partial charge < -0.3 is 14.8 Å². The molecule has 0 unspecified atom stereocenters. The molecule has 0 aliphatic carbocycles. The fourth-order valence-corrected chi connectivity index (χ4v) is 3.99. The molecule has 1 aromatic carbocycles. The Bertz CT molecular complexity index is 678. The second kappa shape index (κ2) is 7.21. The molecule has 1 aliphatic rings. The lowest BCUT2D eigenvalue weighted by molar-refractivity contribution is -0.115. The highest BCUT2D eigenvalue weighted by Gasteiger charge is 2.14. The van der Waals surface area contributed by atoms with E-state index in [0.29, 0.717) is 29.4 Å². The predicted molar refractivity (Wildman–Crippen MR) is 88.2 cm³/mol. The van der Waals surface area contributed by atoms with Crippen molar-refractivity contribution in [3.05, 3.63) is 18.2 Å². The van der Waals surface area contributed by atoms with Crippen molar-refractivity contribution >= 4 is 46.7 Å². The number of nitrogens with zero attached hydrogens (tertiary/aromatic N) is 2. The lowest BCUT2D eigenvalue weighted by atomic mass is 10.2. The molecule has 0 spiro atoms. The van der Waals surface area contributed by atoms with E-state index in [1.165, 1.54) is 23.3 Å². The van der Waals surface area contributed by atoms with E-state index in [-0.39, 0.29) is 12.7 Å². The maximum Gasteiger partial charge on any atom is 0.231 e. The summed E-state index contributed by atoms with van der Waals surface area (Å²) in [5.41, 5.74) is 0.708. The van der Waals surface area contributed by atoms with Gasteiger partial charge >= 0.3 is 0 Å². The minimum atomic E-state index is -0.0408. The number of aromatic nitrogens is 2. The monoisotopic (exact) mass is 355 g/mol. The van der Waals surface area contributed by atoms with Gasteiger partial charge in [-0.15, -0.1) is 0 Å². The van der Waals surface area contributed by atoms with Crippen molar-refractivity contribution in [2.45, 2.75) is 15.9 Å². The molecule has 1 N–H and O–H groups in total. The highest BCUT2D eigenvalue weighted by molar-refractivity contribution is 8.01. The molecule has 0 saturated heterocycles. The van der Waals surface area contributed by atoms with E-state index < -0.39 is 0 Å². The van der Waals surface area contributed by atoms with Crippen LogP contribution in [0.5, 0.6) is 11.5 Å². The third kappa shape index (κ3) is 3.84. The molecule has 2 aromatic rings. The number of hydrogen-bond acceptors (Lipinski definition) is 8. The predicted octanol–water partition coefficient (Wildman–Crippen LogP) is 3.11. The first kappa shape index (κ1) is 15.4. The van der Waals surface area contributed by atoms with Crippen LogP contribution in [0, 0.1) is 0 Å². The van der Waals surface area contributed by atoms with Crippen LogP contribution in [0.25, 0.3) is 0 Å². The Morgan fingerprint density at radius 2 is 2.27 bits per heavy atom. The van der Waals surface area contributed by atoms with Gasteiger partial charge in [0.05, 0.1) is 0 Å². The van der Waals surface area contributed by atoms with Gasteiger partial charge in [-0.1, -0.05) is 23.5 Å². The standard InChI is InChI=1S/C13H13N3O3S3/c1-20-12-15-13(22-16-12)21-5-4-11(17)14-8-2-3-9-10(6-8)19-7-18-9/h2-3,6H,4-5,7H2,1H3,(H,14,17). The Morgan fingerprint density at radius 1 is 1.41 bits per heavy atom. The van der Waals surface area contributed by atoms with Gasteiger partial charge in [-0.05, 0) is 29.9 Å². The zero-order valence-electron chi connectivity index (χ0n) is 11.7. The Balaban J connectivity index is 1.46. The number of rotatable bonds is 6. The number of thioether (sulfide) groups is 2. The van der Waals surface area contributed by atoms with Gasteiger partial charge in [0.15, 0.2) is 15.8 Å². The number of amides is 1. The van der Waals surface area contributed by atoms with Crippen LogP contribution in [-0.2, 0) is 4.79 Å². The molecule has 3 rings (SSSR count). The van der Waals surface area contributed by atoms with Crippen molar-refractivity contribution in [2.24, 2.45) is 0 Å². The van der Waals surface area contributed by atoms with Crippen molar-refractivity contribution in [1.82, 2.24) is 9.36 Å². The third-order valence-corrected chi connectivity index (χ3v) is 5.28. The molecule has 0 bridgehead atoms. The molecular weight excluding hydrogens is 342 g/mol. The molecule has 0 radical (unpaired) electrons. The van der Waals surface area contributed by atoms with Gasteiger partial charge in [-0.25, -0.2) is 4.98 Å². The molecule has 6 nitrogen and oxygen atoms in total. The first-order chi connectivity index (χ1) is 10.7. The van der Waals surface area contributed by atoms with E-state index in [1.54, 1.807) is 30.0 Å². The Morgan fingerprint density at radius 3 is 3.09 bits per heavy atom. The molecule has 1 amide bonds. The number of ether oxygens (including phenoxy) is 2. The fourth-order valence-electron chi connectivity index (χ4n) is 1.77. The number of nitrogens with one attached hydrogen (secondary N) is 1. The second-order valence-electron chi connectivity index (χ2n) is 4.26. The lowest BCUT2D eigenvalue weighted by Crippen LogP contribution is -2.12. The zero-order chi connectivity index (χ0) is 15.4. The van der Waals surface area contributed by atoms with Crippen LogP contribution >= 0.6 is 35.1 Å². The SMILES string of the molecule is CSc1nsc(SCCC(=O)Nc2ccc3c(c2)OCO3)n1. The Labute approximate surface area is 140 Å². The molecule has 0 fully saturated rings. The number of benzene rings is 1. The van der Waals surface area contributed by atoms with Gasteiger partial charge in [0.25, 0.3) is 0 Å². The van der Waals surface area contributed by atoms with Crippen LogP contribution in [0.15, 0.2) is 27.7 Å². The number of carbonyl (C=O) groups excluding carboxylic acids is 1. The van der Waals surface area contributed by atoms with Crippen LogP contribution in [-0.4, -0.2) is 34.1 Å². The minimum absolute atomic E-state index is 0.0408. The summed E-state index contributed by atoms with van der Waals surface area (Å²) in [7, 11) is 0. The first-order valence-corrected chi connectivity index (χ1v) is 9.43. The van der Waals surface area contributed by atoms with E-state index in [4.69, 9.17) is 9.47 Å². The molecular formula is C13H13N3O3S3. The summed E-state index contributed by atoms with van der Waals surface area (Å²) in [6, 6.07) is 5.36. The highest BCUT2D eigenvalue weighted by atomic mass is 32.2. The normalized spacial score (nSPS) is 12.4. The maximum absolute atomic E-state index is 11.9. The second-order valence-corrected chi connectivity index (χ2v) is 7.13. The van der Waals surface area contributed by atoms with Crippen molar-refractivity contribution in [3.8, 4) is 11.5 Å². The van der Waals surface area contributed by atoms with E-state index in [9.17, 15) is 4.79 Å². The van der Waals surface area contributed by atoms with E-state index in [0.717, 1.165) is 9.50 Å². The van der Waals surface area contributed by atoms with E-state index >= 15 is 0 Å². The number of anilines is 1. The fraction of sp³-hybridized carbons (Fsp3) is 0.308. The summed E-state index contributed by atoms with van der Waals surface area (Å²) in [6.07, 6.45) is 2.35. The lowest BCUT2D eigenvalue weighted by Gasteiger charge is -2.05. The summed E-state index contributed by atoms with van der Waals surface area (Å²) < 4.78 is 15.6. The van der Waals surface area contributed by atoms with Gasteiger partial charge in [-0.2, -0.15) is 4.37 Å². The van der Waals surface area contributed by atoms with E-state index in [2.05, 4.69) is 14.7 Å². The third-order valence-electron chi connectivity index (χ3n) is 2.78. The molecule has 0 saturated carbocycles. The molecule has 22 heavy (non-hydrogen) atoms. The van der Waals surface area contributed by atoms with Crippen LogP contribution in [0.3, 0.4) is 0 Å². The minimum Gasteiger partial charge on any atom is -0.454 e. The number of fused-ring (bicyclic) bond motifs is 1. The van der Waals surface area contributed by atoms with Gasteiger partial charge in [0.1, 0.15) is 0 Å². The zero-order valence-corrected chi connectivity index (χ0v) is 14.1. The molecule has 1 aromatic heterocycles. The van der Waals surface area contributed by atoms with Crippen molar-refractivity contribution in [1.29, 1.82) is 0 Å². The van der Waals surface area contributed by atoms with Gasteiger partial charge in [0, 0.05) is 23.9 Å². The summed E-state index contributed by atoms with van der Waals surface area (Å²) >= 11 is 4.42. The summed E-state index contributed by atoms with van der Waals surface area (Å²) in [4.78, 5) is 16.3. The topological polar surface area (TPSA) is 73.3 Å². The van der Waals surface area contributed by atoms with Crippen LogP contribution in [0.2, 0.25) is 0 Å². The number of carbonyl (C=O) groups is 1. The smallest absolute Gasteiger partial charge is 0.231 e. The van der Waals surface area contributed by atoms with Crippen molar-refractivity contribution in [3.63, 3.8) is 0 Å². The Hall–Kier alpha value is -1.45. The highest BCUT2D eigenvalue weighted by Crippen LogP contribution is 2.34. The Kier molecular flexibility index (Phi) is 5.06. The summed E-state index contributed by atoms with van der Waals surface area (Å²) in [5.74, 6) is 1.99. The first-order valence-electron chi connectivity index (χ1n) is 6.44. The average Bonchev–Trinajstić information content (AvgIpc) is 3.15. The molecule has 1 aliphatic heterocycles. The largest absolute Gasteiger partial charge is 0.454 e. The van der Waals surface area contributed by atoms with Crippen LogP contribution in [0.1, 0.15) is 6.42 Å². The molecule has 116 valence electrons. The van der Waals surface area contributed by atoms with Crippen LogP contribution in [0.4, 0.5) is 5.69 Å². The van der Waals surface area contributed by atoms with Crippen molar-refractivity contribution < 1.29 is 14.3 Å². The summed E-state index contributed by atoms with van der Waals surface area (Å²) in [5, 5.41) is 3.62.